The third kappa shape index (κ3) is 5.54. The van der Waals surface area contributed by atoms with Crippen molar-refractivity contribution in [3.8, 4) is 0 Å². The van der Waals surface area contributed by atoms with E-state index in [0.29, 0.717) is 35.5 Å². The molecule has 8 heterocycles. The van der Waals surface area contributed by atoms with E-state index in [1.165, 1.54) is 28.2 Å². The second-order valence-corrected chi connectivity index (χ2v) is 15.6. The van der Waals surface area contributed by atoms with Crippen molar-refractivity contribution in [3.05, 3.63) is 24.7 Å². The van der Waals surface area contributed by atoms with Crippen LogP contribution < -0.4 is 11.1 Å². The first-order valence-corrected chi connectivity index (χ1v) is 18.6. The highest BCUT2D eigenvalue weighted by molar-refractivity contribution is 8.07. The summed E-state index contributed by atoms with van der Waals surface area (Å²) in [7, 11) is 1.47. The largest absolute Gasteiger partial charge is 0.385 e. The van der Waals surface area contributed by atoms with Crippen LogP contribution in [-0.2, 0) is 50.4 Å². The maximum absolute atomic E-state index is 16.1. The Kier molecular flexibility index (Phi) is 7.84. The number of hydrogen-bond acceptors (Lipinski definition) is 17. The maximum atomic E-state index is 16.1. The van der Waals surface area contributed by atoms with Crippen LogP contribution in [-0.4, -0.2) is 113 Å². The number of anilines is 2. The van der Waals surface area contributed by atoms with Gasteiger partial charge in [0.2, 0.25) is 7.57 Å². The molecular formula is C23H26BFN10O9P2S. The molecule has 8 rings (SSSR count). The van der Waals surface area contributed by atoms with Crippen molar-refractivity contribution in [3.63, 3.8) is 0 Å². The summed E-state index contributed by atoms with van der Waals surface area (Å²) >= 11 is 5.23. The standard InChI is InChI=1S/C23H26BFN10O9P2S/c24-45(37)39-4-10-16(13(25)22(41-10)34-8-32-14-18(26)28-6-31-21(14)34)44-46(38,47)40-5-11-17(43-45)15(36)23(42-11)35-20-12-9(33-35)2-1-3-27-19(12)29-7-30-20/h6-8,10-11,13,15-17,22-23,36H,1-5H2,(H,38,47)(H2,26,28,31)(H,27,29,30)/t10-,11-,13?,15?,16?,17?,22-,23-,45?,46?/m1/s1. The fourth-order valence-corrected chi connectivity index (χ4v) is 8.59. The van der Waals surface area contributed by atoms with Crippen LogP contribution in [0.15, 0.2) is 19.0 Å². The zero-order valence-electron chi connectivity index (χ0n) is 24.1. The Bertz CT molecular complexity index is 1960. The van der Waals surface area contributed by atoms with Gasteiger partial charge in [-0.05, 0) is 24.6 Å². The number of aliphatic hydroxyl groups is 1. The van der Waals surface area contributed by atoms with Gasteiger partial charge in [-0.15, -0.1) is 0 Å². The van der Waals surface area contributed by atoms with Gasteiger partial charge in [0.1, 0.15) is 54.5 Å². The summed E-state index contributed by atoms with van der Waals surface area (Å²) in [5.74, 6) is 0.654. The third-order valence-electron chi connectivity index (χ3n) is 8.27. The Labute approximate surface area is 270 Å². The zero-order valence-corrected chi connectivity index (χ0v) is 26.7. The van der Waals surface area contributed by atoms with E-state index in [1.54, 1.807) is 0 Å². The lowest BCUT2D eigenvalue weighted by atomic mass is 10.1. The van der Waals surface area contributed by atoms with Crippen LogP contribution in [0.3, 0.4) is 0 Å². The first-order valence-electron chi connectivity index (χ1n) is 14.4. The molecule has 10 atom stereocenters. The first kappa shape index (κ1) is 31.5. The van der Waals surface area contributed by atoms with E-state index in [2.05, 4.69) is 35.3 Å². The number of nitrogens with one attached hydrogen (secondary N) is 1. The summed E-state index contributed by atoms with van der Waals surface area (Å²) < 4.78 is 66.4. The minimum Gasteiger partial charge on any atom is -0.385 e. The highest BCUT2D eigenvalue weighted by Crippen LogP contribution is 2.54. The number of nitrogen functional groups attached to an aromatic ring is 1. The third-order valence-corrected chi connectivity index (χ3v) is 10.9. The number of halogens is 1. The van der Waals surface area contributed by atoms with Crippen LogP contribution in [0.1, 0.15) is 24.6 Å². The summed E-state index contributed by atoms with van der Waals surface area (Å²) in [4.78, 5) is 31.8. The Morgan fingerprint density at radius 3 is 2.64 bits per heavy atom. The molecule has 0 amide bonds. The van der Waals surface area contributed by atoms with Gasteiger partial charge in [0.05, 0.1) is 30.6 Å². The minimum absolute atomic E-state index is 0.0660. The molecule has 0 spiro atoms. The van der Waals surface area contributed by atoms with E-state index >= 15 is 4.39 Å². The van der Waals surface area contributed by atoms with Crippen molar-refractivity contribution in [2.45, 2.75) is 62.0 Å². The Morgan fingerprint density at radius 1 is 1.04 bits per heavy atom. The molecule has 2 radical (unpaired) electrons. The topological polar surface area (TPSA) is 238 Å². The quantitative estimate of drug-likeness (QED) is 0.163. The normalized spacial score (nSPS) is 37.9. The lowest BCUT2D eigenvalue weighted by Gasteiger charge is -2.30. The molecule has 3 fully saturated rings. The lowest BCUT2D eigenvalue weighted by Crippen LogP contribution is -2.38. The number of hydrogen-bond donors (Lipinski definition) is 4. The summed E-state index contributed by atoms with van der Waals surface area (Å²) in [6, 6.07) is 0. The van der Waals surface area contributed by atoms with Crippen molar-refractivity contribution in [2.24, 2.45) is 0 Å². The molecular weight excluding hydrogens is 684 g/mol. The fraction of sp³-hybridized carbons (Fsp3) is 0.565. The number of aryl methyl sites for hydroxylation is 1. The molecule has 47 heavy (non-hydrogen) atoms. The van der Waals surface area contributed by atoms with Crippen LogP contribution in [0.25, 0.3) is 22.2 Å². The number of nitrogens with two attached hydrogens (primary N) is 1. The Morgan fingerprint density at radius 2 is 1.79 bits per heavy atom. The molecule has 19 nitrogen and oxygen atoms in total. The molecule has 4 aromatic rings. The smallest absolute Gasteiger partial charge is 0.325 e. The molecule has 248 valence electrons. The van der Waals surface area contributed by atoms with Gasteiger partial charge in [0, 0.05) is 6.54 Å². The number of ether oxygens (including phenoxy) is 2. The minimum atomic E-state index is -4.50. The molecule has 4 aromatic heterocycles. The number of rotatable bonds is 2. The van der Waals surface area contributed by atoms with Crippen LogP contribution in [0.5, 0.6) is 0 Å². The summed E-state index contributed by atoms with van der Waals surface area (Å²) in [5, 5.41) is 20.0. The maximum Gasteiger partial charge on any atom is 0.325 e. The number of imidazole rings is 1. The van der Waals surface area contributed by atoms with Crippen LogP contribution in [0, 0.1) is 0 Å². The number of fused-ring (bicyclic) bond motifs is 3. The summed E-state index contributed by atoms with van der Waals surface area (Å²) in [6.45, 7) is -4.70. The number of aromatic nitrogens is 8. The predicted octanol–water partition coefficient (Wildman–Crippen LogP) is 0.411. The van der Waals surface area contributed by atoms with Crippen molar-refractivity contribution >= 4 is 67.4 Å². The average Bonchev–Trinajstić information content (AvgIpc) is 3.73. The van der Waals surface area contributed by atoms with Gasteiger partial charge in [-0.3, -0.25) is 13.7 Å². The first-order chi connectivity index (χ1) is 22.5. The van der Waals surface area contributed by atoms with Gasteiger partial charge >= 0.3 is 6.72 Å². The molecule has 4 aliphatic rings. The van der Waals surface area contributed by atoms with Gasteiger partial charge < -0.3 is 44.1 Å². The molecule has 0 saturated carbocycles. The lowest BCUT2D eigenvalue weighted by molar-refractivity contribution is -0.0607. The van der Waals surface area contributed by atoms with Crippen molar-refractivity contribution in [1.29, 1.82) is 0 Å². The van der Waals surface area contributed by atoms with Gasteiger partial charge in [0.25, 0.3) is 7.47 Å². The van der Waals surface area contributed by atoms with E-state index < -0.39 is 76.6 Å². The second-order valence-electron chi connectivity index (χ2n) is 11.2. The van der Waals surface area contributed by atoms with E-state index in [-0.39, 0.29) is 17.0 Å². The number of nitrogens with zero attached hydrogens (tertiary/aromatic N) is 8. The zero-order chi connectivity index (χ0) is 32.7. The Balaban J connectivity index is 1.08. The molecule has 5 N–H and O–H groups in total. The van der Waals surface area contributed by atoms with Gasteiger partial charge in [-0.25, -0.2) is 34.0 Å². The second kappa shape index (κ2) is 11.7. The summed E-state index contributed by atoms with van der Waals surface area (Å²) in [5.41, 5.74) is 7.30. The molecule has 0 bridgehead atoms. The highest BCUT2D eigenvalue weighted by Gasteiger charge is 2.53. The number of aliphatic hydroxyl groups excluding tert-OH is 1. The van der Waals surface area contributed by atoms with E-state index in [1.807, 2.05) is 0 Å². The van der Waals surface area contributed by atoms with Crippen molar-refractivity contribution in [2.75, 3.05) is 30.8 Å². The van der Waals surface area contributed by atoms with Crippen LogP contribution >= 0.6 is 14.2 Å². The van der Waals surface area contributed by atoms with Gasteiger partial charge in [-0.2, -0.15) is 5.10 Å². The molecule has 3 saturated heterocycles. The van der Waals surface area contributed by atoms with E-state index in [9.17, 15) is 14.6 Å². The fourth-order valence-electron chi connectivity index (χ4n) is 6.14. The molecule has 24 heteroatoms. The van der Waals surface area contributed by atoms with Crippen LogP contribution in [0.4, 0.5) is 16.0 Å². The van der Waals surface area contributed by atoms with Crippen LogP contribution in [0.2, 0.25) is 0 Å². The van der Waals surface area contributed by atoms with Gasteiger partial charge in [0.15, 0.2) is 35.7 Å². The number of alkyl halides is 1. The van der Waals surface area contributed by atoms with Crippen molar-refractivity contribution < 1.29 is 46.5 Å². The molecule has 0 aromatic carbocycles. The van der Waals surface area contributed by atoms with E-state index in [0.717, 1.165) is 6.42 Å². The highest BCUT2D eigenvalue weighted by atomic mass is 32.5. The molecule has 4 aliphatic heterocycles. The molecule has 0 aliphatic carbocycles. The summed E-state index contributed by atoms with van der Waals surface area (Å²) in [6.07, 6.45) is -6.55. The van der Waals surface area contributed by atoms with Crippen molar-refractivity contribution in [1.82, 2.24) is 39.3 Å². The SMILES string of the molecule is [B]P1(=O)OC[C@H]2O[C@@H](n3cnc4c(N)ncnc43)C(F)C2OP(O)(=S)OC[C@H]2O[C@@H](n3nc4c5c(ncnc53)NCCC4)C(O)C2O1. The predicted molar refractivity (Wildman–Crippen MR) is 162 cm³/mol. The Hall–Kier alpha value is -2.75. The average molecular weight is 710 g/mol. The molecule has 6 unspecified atom stereocenters. The monoisotopic (exact) mass is 710 g/mol. The van der Waals surface area contributed by atoms with E-state index in [4.69, 9.17) is 52.7 Å². The van der Waals surface area contributed by atoms with Gasteiger partial charge in [-0.1, -0.05) is 0 Å².